The number of hydrogen-bond donors (Lipinski definition) is 3. The number of amides is 1. The lowest BCUT2D eigenvalue weighted by Gasteiger charge is -2.31. The maximum absolute atomic E-state index is 14.3. The molecule has 0 spiro atoms. The molecule has 3 aromatic rings. The topological polar surface area (TPSA) is 137 Å². The van der Waals surface area contributed by atoms with Gasteiger partial charge in [0.15, 0.2) is 23.1 Å². The number of anilines is 3. The molecule has 2 aromatic heterocycles. The average molecular weight is 483 g/mol. The number of nitrogens with two attached hydrogens (primary N) is 2. The van der Waals surface area contributed by atoms with Crippen LogP contribution in [-0.2, 0) is 6.42 Å². The number of nitrogen functional groups attached to an aromatic ring is 1. The molecule has 0 saturated carbocycles. The zero-order valence-electron chi connectivity index (χ0n) is 20.0. The van der Waals surface area contributed by atoms with Gasteiger partial charge in [0.1, 0.15) is 5.69 Å². The summed E-state index contributed by atoms with van der Waals surface area (Å²) in [6.45, 7) is 7.21. The SMILES string of the molecule is CCCN1CCC(n2cc(Nc3nc(Oc4cc(N)ccc4F)c(CC)nc3C(N)=O)cn2)CC1. The molecule has 35 heavy (non-hydrogen) atoms. The van der Waals surface area contributed by atoms with E-state index in [1.807, 2.05) is 17.8 Å². The lowest BCUT2D eigenvalue weighted by atomic mass is 10.1. The monoisotopic (exact) mass is 482 g/mol. The molecule has 5 N–H and O–H groups in total. The van der Waals surface area contributed by atoms with E-state index in [0.29, 0.717) is 29.5 Å². The lowest BCUT2D eigenvalue weighted by molar-refractivity contribution is 0.0996. The highest BCUT2D eigenvalue weighted by Gasteiger charge is 2.22. The van der Waals surface area contributed by atoms with Gasteiger partial charge in [0.2, 0.25) is 5.88 Å². The second-order valence-electron chi connectivity index (χ2n) is 8.59. The highest BCUT2D eigenvalue weighted by atomic mass is 19.1. The predicted molar refractivity (Wildman–Crippen MR) is 131 cm³/mol. The van der Waals surface area contributed by atoms with Gasteiger partial charge in [0.05, 0.1) is 17.9 Å². The Morgan fingerprint density at radius 2 is 2.03 bits per heavy atom. The summed E-state index contributed by atoms with van der Waals surface area (Å²) in [5.74, 6) is -1.27. The summed E-state index contributed by atoms with van der Waals surface area (Å²) in [7, 11) is 0. The summed E-state index contributed by atoms with van der Waals surface area (Å²) in [4.78, 5) is 23.4. The number of halogens is 1. The Hall–Kier alpha value is -3.73. The molecular formula is C24H31FN8O2. The van der Waals surface area contributed by atoms with Gasteiger partial charge in [-0.15, -0.1) is 0 Å². The molecule has 0 unspecified atom stereocenters. The molecule has 1 amide bonds. The van der Waals surface area contributed by atoms with Crippen LogP contribution in [0.2, 0.25) is 0 Å². The largest absolute Gasteiger partial charge is 0.434 e. The van der Waals surface area contributed by atoms with Crippen LogP contribution in [0.4, 0.5) is 21.6 Å². The van der Waals surface area contributed by atoms with E-state index >= 15 is 0 Å². The first kappa shape index (κ1) is 24.4. The highest BCUT2D eigenvalue weighted by molar-refractivity contribution is 5.96. The molecule has 11 heteroatoms. The minimum atomic E-state index is -0.743. The van der Waals surface area contributed by atoms with Crippen LogP contribution in [0, 0.1) is 5.82 Å². The number of carbonyl (C=O) groups excluding carboxylic acids is 1. The summed E-state index contributed by atoms with van der Waals surface area (Å²) in [6.07, 6.45) is 7.11. The number of piperidine rings is 1. The van der Waals surface area contributed by atoms with Gasteiger partial charge in [-0.25, -0.2) is 9.37 Å². The van der Waals surface area contributed by atoms with Gasteiger partial charge >= 0.3 is 0 Å². The second kappa shape index (κ2) is 10.7. The zero-order chi connectivity index (χ0) is 24.9. The van der Waals surface area contributed by atoms with Crippen molar-refractivity contribution in [2.45, 2.75) is 45.6 Å². The third kappa shape index (κ3) is 5.68. The number of rotatable bonds is 9. The molecular weight excluding hydrogens is 451 g/mol. The molecule has 0 atom stereocenters. The number of aryl methyl sites for hydroxylation is 1. The number of benzene rings is 1. The van der Waals surface area contributed by atoms with Crippen molar-refractivity contribution < 1.29 is 13.9 Å². The average Bonchev–Trinajstić information content (AvgIpc) is 3.30. The van der Waals surface area contributed by atoms with Gasteiger partial charge in [-0.1, -0.05) is 13.8 Å². The first-order chi connectivity index (χ1) is 16.9. The van der Waals surface area contributed by atoms with Crippen molar-refractivity contribution in [2.75, 3.05) is 30.7 Å². The smallest absolute Gasteiger partial charge is 0.271 e. The third-order valence-electron chi connectivity index (χ3n) is 6.00. The van der Waals surface area contributed by atoms with Crippen LogP contribution in [-0.4, -0.2) is 50.2 Å². The summed E-state index contributed by atoms with van der Waals surface area (Å²) < 4.78 is 21.9. The van der Waals surface area contributed by atoms with Crippen LogP contribution < -0.4 is 21.5 Å². The number of hydrogen-bond acceptors (Lipinski definition) is 8. The number of nitrogens with one attached hydrogen (secondary N) is 1. The number of likely N-dealkylation sites (tertiary alicyclic amines) is 1. The molecule has 4 rings (SSSR count). The minimum Gasteiger partial charge on any atom is -0.434 e. The summed E-state index contributed by atoms with van der Waals surface area (Å²) in [6, 6.07) is 4.31. The molecule has 186 valence electrons. The molecule has 1 aliphatic heterocycles. The Bertz CT molecular complexity index is 1190. The number of aromatic nitrogens is 4. The van der Waals surface area contributed by atoms with Gasteiger partial charge in [-0.05, 0) is 44.4 Å². The van der Waals surface area contributed by atoms with Crippen molar-refractivity contribution in [3.05, 3.63) is 47.8 Å². The van der Waals surface area contributed by atoms with E-state index in [1.165, 1.54) is 18.2 Å². The van der Waals surface area contributed by atoms with Gasteiger partial charge in [-0.2, -0.15) is 10.1 Å². The number of ether oxygens (including phenoxy) is 1. The fourth-order valence-corrected chi connectivity index (χ4v) is 4.19. The quantitative estimate of drug-likeness (QED) is 0.393. The van der Waals surface area contributed by atoms with Crippen molar-refractivity contribution in [3.63, 3.8) is 0 Å². The van der Waals surface area contributed by atoms with Crippen LogP contribution in [0.5, 0.6) is 11.6 Å². The molecule has 1 fully saturated rings. The summed E-state index contributed by atoms with van der Waals surface area (Å²) in [5.41, 5.74) is 12.6. The van der Waals surface area contributed by atoms with E-state index in [9.17, 15) is 9.18 Å². The van der Waals surface area contributed by atoms with Crippen molar-refractivity contribution in [3.8, 4) is 11.6 Å². The zero-order valence-corrected chi connectivity index (χ0v) is 20.0. The van der Waals surface area contributed by atoms with Gasteiger partial charge in [-0.3, -0.25) is 9.48 Å². The van der Waals surface area contributed by atoms with Gasteiger partial charge in [0.25, 0.3) is 5.91 Å². The fourth-order valence-electron chi connectivity index (χ4n) is 4.19. The Labute approximate surface area is 203 Å². The third-order valence-corrected chi connectivity index (χ3v) is 6.00. The number of nitrogens with zero attached hydrogens (tertiary/aromatic N) is 5. The standard InChI is InChI=1S/C24H31FN8O2/c1-3-9-32-10-7-17(8-11-32)33-14-16(13-28-33)29-23-21(22(27)34)30-19(4-2)24(31-23)35-20-12-15(26)5-6-18(20)25/h5-6,12-14,17H,3-4,7-11,26H2,1-2H3,(H2,27,34)(H,29,31). The van der Waals surface area contributed by atoms with Crippen molar-refractivity contribution in [1.29, 1.82) is 0 Å². The summed E-state index contributed by atoms with van der Waals surface area (Å²) in [5, 5.41) is 7.58. The first-order valence-corrected chi connectivity index (χ1v) is 11.8. The van der Waals surface area contributed by atoms with Crippen LogP contribution >= 0.6 is 0 Å². The van der Waals surface area contributed by atoms with Crippen molar-refractivity contribution >= 4 is 23.1 Å². The molecule has 3 heterocycles. The fraction of sp³-hybridized carbons (Fsp3) is 0.417. The molecule has 0 aliphatic carbocycles. The maximum Gasteiger partial charge on any atom is 0.271 e. The molecule has 10 nitrogen and oxygen atoms in total. The van der Waals surface area contributed by atoms with Gasteiger partial charge in [0, 0.05) is 31.0 Å². The maximum atomic E-state index is 14.3. The van der Waals surface area contributed by atoms with Crippen LogP contribution in [0.15, 0.2) is 30.6 Å². The van der Waals surface area contributed by atoms with Crippen molar-refractivity contribution in [2.24, 2.45) is 5.73 Å². The Morgan fingerprint density at radius 1 is 1.26 bits per heavy atom. The van der Waals surface area contributed by atoms with E-state index in [2.05, 4.69) is 32.2 Å². The molecule has 0 radical (unpaired) electrons. The number of primary amides is 1. The molecule has 1 aliphatic rings. The summed E-state index contributed by atoms with van der Waals surface area (Å²) >= 11 is 0. The Kier molecular flexibility index (Phi) is 7.45. The minimum absolute atomic E-state index is 0.0390. The van der Waals surface area contributed by atoms with E-state index in [-0.39, 0.29) is 23.1 Å². The predicted octanol–water partition coefficient (Wildman–Crippen LogP) is 3.64. The Morgan fingerprint density at radius 3 is 2.71 bits per heavy atom. The van der Waals surface area contributed by atoms with E-state index in [0.717, 1.165) is 38.9 Å². The van der Waals surface area contributed by atoms with E-state index < -0.39 is 11.7 Å². The van der Waals surface area contributed by atoms with E-state index in [4.69, 9.17) is 16.2 Å². The van der Waals surface area contributed by atoms with Crippen LogP contribution in [0.3, 0.4) is 0 Å². The van der Waals surface area contributed by atoms with Crippen LogP contribution in [0.25, 0.3) is 0 Å². The second-order valence-corrected chi connectivity index (χ2v) is 8.59. The van der Waals surface area contributed by atoms with Gasteiger partial charge < -0.3 is 26.4 Å². The number of carbonyl (C=O) groups is 1. The Balaban J connectivity index is 1.58. The normalized spacial score (nSPS) is 14.7. The highest BCUT2D eigenvalue weighted by Crippen LogP contribution is 2.31. The van der Waals surface area contributed by atoms with E-state index in [1.54, 1.807) is 6.20 Å². The van der Waals surface area contributed by atoms with Crippen LogP contribution in [0.1, 0.15) is 55.3 Å². The lowest BCUT2D eigenvalue weighted by Crippen LogP contribution is -2.35. The van der Waals surface area contributed by atoms with Crippen molar-refractivity contribution in [1.82, 2.24) is 24.6 Å². The molecule has 1 saturated heterocycles. The first-order valence-electron chi connectivity index (χ1n) is 11.8. The molecule has 0 bridgehead atoms. The molecule has 1 aromatic carbocycles.